The second-order valence-electron chi connectivity index (χ2n) is 6.77. The van der Waals surface area contributed by atoms with Gasteiger partial charge in [0.15, 0.2) is 11.3 Å². The monoisotopic (exact) mass is 291 g/mol. The van der Waals surface area contributed by atoms with Gasteiger partial charge in [0.2, 0.25) is 0 Å². The van der Waals surface area contributed by atoms with Gasteiger partial charge in [-0.3, -0.25) is 4.40 Å². The lowest BCUT2D eigenvalue weighted by Crippen LogP contribution is -2.22. The van der Waals surface area contributed by atoms with Crippen LogP contribution in [0.15, 0.2) is 24.5 Å². The number of benzene rings is 1. The van der Waals surface area contributed by atoms with Crippen LogP contribution in [0.3, 0.4) is 0 Å². The summed E-state index contributed by atoms with van der Waals surface area (Å²) in [6, 6.07) is 8.62. The van der Waals surface area contributed by atoms with Crippen molar-refractivity contribution in [1.29, 1.82) is 5.26 Å². The third-order valence-corrected chi connectivity index (χ3v) is 4.11. The van der Waals surface area contributed by atoms with Gasteiger partial charge < -0.3 is 9.55 Å². The molecule has 0 fully saturated rings. The minimum Gasteiger partial charge on any atom is -0.335 e. The Morgan fingerprint density at radius 3 is 2.73 bits per heavy atom. The minimum absolute atomic E-state index is 0.0833. The zero-order valence-electron chi connectivity index (χ0n) is 13.1. The van der Waals surface area contributed by atoms with Crippen molar-refractivity contribution >= 4 is 27.7 Å². The quantitative estimate of drug-likeness (QED) is 0.537. The molecule has 0 unspecified atom stereocenters. The SMILES string of the molecule is Cc1ccc2c3[nH]c4c(C#N)ncn4c3n(C(C)(C)C)c2c1. The highest BCUT2D eigenvalue weighted by atomic mass is 15.2. The van der Waals surface area contributed by atoms with Crippen molar-refractivity contribution in [3.05, 3.63) is 35.8 Å². The smallest absolute Gasteiger partial charge is 0.183 e. The fourth-order valence-electron chi connectivity index (χ4n) is 3.24. The summed E-state index contributed by atoms with van der Waals surface area (Å²) in [5.74, 6) is 0. The molecule has 0 aliphatic heterocycles. The maximum Gasteiger partial charge on any atom is 0.183 e. The Morgan fingerprint density at radius 2 is 2.05 bits per heavy atom. The van der Waals surface area contributed by atoms with Crippen molar-refractivity contribution in [2.24, 2.45) is 0 Å². The van der Waals surface area contributed by atoms with E-state index in [-0.39, 0.29) is 5.54 Å². The van der Waals surface area contributed by atoms with Gasteiger partial charge in [0.25, 0.3) is 0 Å². The third-order valence-electron chi connectivity index (χ3n) is 4.11. The third kappa shape index (κ3) is 1.49. The number of aromatic amines is 1. The van der Waals surface area contributed by atoms with Gasteiger partial charge in [-0.1, -0.05) is 12.1 Å². The number of nitrogens with zero attached hydrogens (tertiary/aromatic N) is 4. The maximum absolute atomic E-state index is 9.21. The van der Waals surface area contributed by atoms with E-state index >= 15 is 0 Å². The first-order valence-electron chi connectivity index (χ1n) is 7.32. The number of nitrogens with one attached hydrogen (secondary N) is 1. The van der Waals surface area contributed by atoms with Crippen LogP contribution in [-0.2, 0) is 5.54 Å². The van der Waals surface area contributed by atoms with Gasteiger partial charge in [-0.25, -0.2) is 4.98 Å². The molecule has 0 amide bonds. The van der Waals surface area contributed by atoms with Crippen LogP contribution >= 0.6 is 0 Å². The Hall–Kier alpha value is -2.74. The van der Waals surface area contributed by atoms with Crippen molar-refractivity contribution in [1.82, 2.24) is 18.9 Å². The van der Waals surface area contributed by atoms with Crippen LogP contribution in [0.1, 0.15) is 32.0 Å². The number of nitriles is 1. The van der Waals surface area contributed by atoms with E-state index in [0.29, 0.717) is 5.69 Å². The van der Waals surface area contributed by atoms with Gasteiger partial charge in [-0.2, -0.15) is 5.26 Å². The first-order valence-corrected chi connectivity index (χ1v) is 7.32. The number of fused-ring (bicyclic) bond motifs is 5. The first kappa shape index (κ1) is 13.0. The summed E-state index contributed by atoms with van der Waals surface area (Å²) in [5, 5.41) is 10.4. The largest absolute Gasteiger partial charge is 0.335 e. The van der Waals surface area contributed by atoms with Crippen LogP contribution in [0, 0.1) is 18.3 Å². The highest BCUT2D eigenvalue weighted by molar-refractivity contribution is 6.06. The van der Waals surface area contributed by atoms with E-state index in [2.05, 4.69) is 66.5 Å². The molecule has 0 atom stereocenters. The van der Waals surface area contributed by atoms with Crippen LogP contribution in [-0.4, -0.2) is 18.9 Å². The molecule has 1 N–H and O–H groups in total. The number of imidazole rings is 2. The number of aryl methyl sites for hydroxylation is 1. The number of H-pyrrole nitrogens is 1. The van der Waals surface area contributed by atoms with Gasteiger partial charge >= 0.3 is 0 Å². The Balaban J connectivity index is 2.32. The summed E-state index contributed by atoms with van der Waals surface area (Å²) in [5.41, 5.74) is 5.64. The van der Waals surface area contributed by atoms with E-state index < -0.39 is 0 Å². The van der Waals surface area contributed by atoms with E-state index in [1.54, 1.807) is 6.33 Å². The summed E-state index contributed by atoms with van der Waals surface area (Å²) >= 11 is 0. The molecule has 3 heterocycles. The molecule has 1 aromatic carbocycles. The summed E-state index contributed by atoms with van der Waals surface area (Å²) < 4.78 is 4.30. The van der Waals surface area contributed by atoms with Crippen LogP contribution in [0.2, 0.25) is 0 Å². The molecule has 0 aliphatic rings. The molecule has 0 aliphatic carbocycles. The predicted octanol–water partition coefficient (Wildman–Crippen LogP) is 3.71. The van der Waals surface area contributed by atoms with Crippen LogP contribution < -0.4 is 0 Å². The molecule has 0 bridgehead atoms. The number of rotatable bonds is 0. The van der Waals surface area contributed by atoms with Crippen molar-refractivity contribution in [3.8, 4) is 6.07 Å². The molecule has 0 saturated carbocycles. The minimum atomic E-state index is -0.0833. The van der Waals surface area contributed by atoms with Gasteiger partial charge in [-0.15, -0.1) is 0 Å². The molecular formula is C17H17N5. The molecule has 5 nitrogen and oxygen atoms in total. The standard InChI is InChI=1S/C17H17N5/c1-10-5-6-11-13(7-10)22(17(2,3)4)16-14(11)20-15-12(8-18)19-9-21(15)16/h5-7,9,20H,1-4H3. The Labute approximate surface area is 127 Å². The molecule has 3 aromatic heterocycles. The van der Waals surface area contributed by atoms with E-state index in [1.807, 2.05) is 4.40 Å². The maximum atomic E-state index is 9.21. The Kier molecular flexibility index (Phi) is 2.31. The molecule has 4 aromatic rings. The average molecular weight is 291 g/mol. The molecule has 4 rings (SSSR count). The van der Waals surface area contributed by atoms with E-state index in [4.69, 9.17) is 0 Å². The molecule has 5 heteroatoms. The molecule has 0 saturated heterocycles. The van der Waals surface area contributed by atoms with E-state index in [0.717, 1.165) is 16.8 Å². The van der Waals surface area contributed by atoms with E-state index in [1.165, 1.54) is 16.5 Å². The molecule has 0 radical (unpaired) electrons. The lowest BCUT2D eigenvalue weighted by atomic mass is 10.1. The number of hydrogen-bond acceptors (Lipinski definition) is 2. The lowest BCUT2D eigenvalue weighted by molar-refractivity contribution is 0.420. The predicted molar refractivity (Wildman–Crippen MR) is 87.0 cm³/mol. The second-order valence-corrected chi connectivity index (χ2v) is 6.77. The summed E-state index contributed by atoms with van der Waals surface area (Å²) in [6.07, 6.45) is 1.72. The second kappa shape index (κ2) is 3.92. The zero-order valence-corrected chi connectivity index (χ0v) is 13.1. The zero-order chi connectivity index (χ0) is 15.6. The average Bonchev–Trinajstić information content (AvgIpc) is 3.05. The van der Waals surface area contributed by atoms with Crippen LogP contribution in [0.4, 0.5) is 0 Å². The summed E-state index contributed by atoms with van der Waals surface area (Å²) in [6.45, 7) is 8.67. The number of aromatic nitrogens is 4. The fraction of sp³-hybridized carbons (Fsp3) is 0.294. The molecule has 0 spiro atoms. The topological polar surface area (TPSA) is 61.8 Å². The summed E-state index contributed by atoms with van der Waals surface area (Å²) in [4.78, 5) is 7.58. The van der Waals surface area contributed by atoms with Gasteiger partial charge in [0.05, 0.1) is 11.0 Å². The first-order chi connectivity index (χ1) is 10.4. The van der Waals surface area contributed by atoms with Crippen molar-refractivity contribution in [2.45, 2.75) is 33.2 Å². The van der Waals surface area contributed by atoms with Crippen molar-refractivity contribution in [3.63, 3.8) is 0 Å². The molecule has 22 heavy (non-hydrogen) atoms. The summed E-state index contributed by atoms with van der Waals surface area (Å²) in [7, 11) is 0. The van der Waals surface area contributed by atoms with Crippen molar-refractivity contribution in [2.75, 3.05) is 0 Å². The lowest BCUT2D eigenvalue weighted by Gasteiger charge is -2.23. The van der Waals surface area contributed by atoms with Gasteiger partial charge in [0, 0.05) is 10.9 Å². The van der Waals surface area contributed by atoms with Gasteiger partial charge in [-0.05, 0) is 39.3 Å². The highest BCUT2D eigenvalue weighted by Crippen LogP contribution is 2.35. The van der Waals surface area contributed by atoms with E-state index in [9.17, 15) is 5.26 Å². The van der Waals surface area contributed by atoms with Gasteiger partial charge in [0.1, 0.15) is 18.0 Å². The van der Waals surface area contributed by atoms with Crippen LogP contribution in [0.25, 0.3) is 27.7 Å². The van der Waals surface area contributed by atoms with Crippen LogP contribution in [0.5, 0.6) is 0 Å². The highest BCUT2D eigenvalue weighted by Gasteiger charge is 2.24. The fourth-order valence-corrected chi connectivity index (χ4v) is 3.24. The Bertz CT molecular complexity index is 1080. The molecule has 110 valence electrons. The Morgan fingerprint density at radius 1 is 1.27 bits per heavy atom. The van der Waals surface area contributed by atoms with Crippen molar-refractivity contribution < 1.29 is 0 Å². The normalized spacial score (nSPS) is 12.5. The molecular weight excluding hydrogens is 274 g/mol. The number of hydrogen-bond donors (Lipinski definition) is 1.